The summed E-state index contributed by atoms with van der Waals surface area (Å²) < 4.78 is 0. The molecule has 0 bridgehead atoms. The Balaban J connectivity index is 1.62. The van der Waals surface area contributed by atoms with Gasteiger partial charge in [0.05, 0.1) is 0 Å². The maximum absolute atomic E-state index is 10.7. The van der Waals surface area contributed by atoms with Crippen LogP contribution >= 0.6 is 11.8 Å². The van der Waals surface area contributed by atoms with E-state index in [2.05, 4.69) is 53.4 Å². The first kappa shape index (κ1) is 18.3. The van der Waals surface area contributed by atoms with Gasteiger partial charge in [-0.25, -0.2) is 0 Å². The molecule has 3 nitrogen and oxygen atoms in total. The number of piperidine rings is 1. The molecule has 0 amide bonds. The summed E-state index contributed by atoms with van der Waals surface area (Å²) in [6, 6.07) is 17.6. The van der Waals surface area contributed by atoms with Crippen molar-refractivity contribution >= 4 is 23.3 Å². The molecule has 27 heavy (non-hydrogen) atoms. The van der Waals surface area contributed by atoms with Crippen LogP contribution in [0.1, 0.15) is 42.4 Å². The summed E-state index contributed by atoms with van der Waals surface area (Å²) in [6.45, 7) is 2.93. The van der Waals surface area contributed by atoms with Crippen molar-refractivity contribution in [1.82, 2.24) is 4.90 Å². The summed E-state index contributed by atoms with van der Waals surface area (Å²) in [5.74, 6) is 0.324. The van der Waals surface area contributed by atoms with Gasteiger partial charge in [-0.1, -0.05) is 48.0 Å². The first-order valence-electron chi connectivity index (χ1n) is 9.69. The minimum atomic E-state index is -0.695. The third kappa shape index (κ3) is 4.12. The molecule has 2 aromatic carbocycles. The third-order valence-corrected chi connectivity index (χ3v) is 6.63. The van der Waals surface area contributed by atoms with Gasteiger partial charge >= 0.3 is 5.97 Å². The molecule has 1 N–H and O–H groups in total. The summed E-state index contributed by atoms with van der Waals surface area (Å²) in [7, 11) is 0. The normalized spacial score (nSPS) is 17.2. The SMILES string of the molecule is O=C(O)CCCN1CCC(=C2c3ccccc3CSc3ccccc32)CC1. The number of benzene rings is 2. The minimum Gasteiger partial charge on any atom is -0.481 e. The Morgan fingerprint density at radius 2 is 1.70 bits per heavy atom. The Labute approximate surface area is 165 Å². The second-order valence-electron chi connectivity index (χ2n) is 7.26. The predicted molar refractivity (Wildman–Crippen MR) is 111 cm³/mol. The van der Waals surface area contributed by atoms with Crippen molar-refractivity contribution in [1.29, 1.82) is 0 Å². The molecule has 1 saturated heterocycles. The van der Waals surface area contributed by atoms with Crippen molar-refractivity contribution < 1.29 is 9.90 Å². The van der Waals surface area contributed by atoms with Crippen LogP contribution in [-0.2, 0) is 10.5 Å². The van der Waals surface area contributed by atoms with Crippen molar-refractivity contribution in [3.8, 4) is 0 Å². The molecule has 2 heterocycles. The number of carboxylic acids is 1. The maximum Gasteiger partial charge on any atom is 0.303 e. The molecule has 1 fully saturated rings. The second kappa shape index (κ2) is 8.32. The van der Waals surface area contributed by atoms with E-state index in [-0.39, 0.29) is 6.42 Å². The lowest BCUT2D eigenvalue weighted by atomic mass is 9.86. The van der Waals surface area contributed by atoms with Gasteiger partial charge in [0, 0.05) is 30.2 Å². The number of rotatable bonds is 4. The Kier molecular flexibility index (Phi) is 5.65. The van der Waals surface area contributed by atoms with Crippen LogP contribution in [0.25, 0.3) is 5.57 Å². The van der Waals surface area contributed by atoms with E-state index in [9.17, 15) is 4.79 Å². The van der Waals surface area contributed by atoms with E-state index >= 15 is 0 Å². The maximum atomic E-state index is 10.7. The van der Waals surface area contributed by atoms with Gasteiger partial charge < -0.3 is 10.0 Å². The van der Waals surface area contributed by atoms with Gasteiger partial charge in [0.1, 0.15) is 0 Å². The van der Waals surface area contributed by atoms with E-state index in [0.29, 0.717) is 0 Å². The summed E-state index contributed by atoms with van der Waals surface area (Å²) in [5, 5.41) is 8.84. The van der Waals surface area contributed by atoms with E-state index in [1.165, 1.54) is 27.2 Å². The largest absolute Gasteiger partial charge is 0.481 e. The fourth-order valence-corrected chi connectivity index (χ4v) is 5.18. The number of likely N-dealkylation sites (tertiary alicyclic amines) is 1. The van der Waals surface area contributed by atoms with Crippen molar-refractivity contribution in [3.05, 3.63) is 70.8 Å². The summed E-state index contributed by atoms with van der Waals surface area (Å²) >= 11 is 1.93. The van der Waals surface area contributed by atoms with E-state index < -0.39 is 5.97 Å². The Morgan fingerprint density at radius 3 is 2.48 bits per heavy atom. The zero-order valence-corrected chi connectivity index (χ0v) is 16.3. The van der Waals surface area contributed by atoms with Crippen LogP contribution < -0.4 is 0 Å². The fraction of sp³-hybridized carbons (Fsp3) is 0.348. The van der Waals surface area contributed by atoms with Crippen LogP contribution in [0.2, 0.25) is 0 Å². The molecule has 0 saturated carbocycles. The molecule has 4 heteroatoms. The van der Waals surface area contributed by atoms with Crippen molar-refractivity contribution in [2.24, 2.45) is 0 Å². The van der Waals surface area contributed by atoms with Gasteiger partial charge in [-0.15, -0.1) is 11.8 Å². The fourth-order valence-electron chi connectivity index (χ4n) is 4.12. The average Bonchev–Trinajstić information content (AvgIpc) is 2.85. The van der Waals surface area contributed by atoms with Gasteiger partial charge in [-0.3, -0.25) is 4.79 Å². The van der Waals surface area contributed by atoms with Crippen LogP contribution in [0, 0.1) is 0 Å². The van der Waals surface area contributed by atoms with Crippen molar-refractivity contribution in [3.63, 3.8) is 0 Å². The monoisotopic (exact) mass is 379 g/mol. The zero-order chi connectivity index (χ0) is 18.6. The van der Waals surface area contributed by atoms with Gasteiger partial charge in [0.25, 0.3) is 0 Å². The van der Waals surface area contributed by atoms with Crippen LogP contribution in [-0.4, -0.2) is 35.6 Å². The van der Waals surface area contributed by atoms with E-state index in [1.54, 1.807) is 5.57 Å². The predicted octanol–water partition coefficient (Wildman–Crippen LogP) is 5.05. The molecule has 2 aliphatic heterocycles. The number of carbonyl (C=O) groups is 1. The topological polar surface area (TPSA) is 40.5 Å². The lowest BCUT2D eigenvalue weighted by Crippen LogP contribution is -2.32. The van der Waals surface area contributed by atoms with Crippen molar-refractivity contribution in [2.45, 2.75) is 36.3 Å². The second-order valence-corrected chi connectivity index (χ2v) is 8.28. The van der Waals surface area contributed by atoms with Gasteiger partial charge in [0.2, 0.25) is 0 Å². The Hall–Kier alpha value is -2.04. The minimum absolute atomic E-state index is 0.266. The third-order valence-electron chi connectivity index (χ3n) is 5.50. The van der Waals surface area contributed by atoms with E-state index in [1.807, 2.05) is 11.8 Å². The molecule has 0 unspecified atom stereocenters. The first-order valence-corrected chi connectivity index (χ1v) is 10.7. The highest BCUT2D eigenvalue weighted by Gasteiger charge is 2.23. The molecule has 0 aliphatic carbocycles. The van der Waals surface area contributed by atoms with E-state index in [0.717, 1.165) is 44.6 Å². The van der Waals surface area contributed by atoms with Crippen LogP contribution in [0.5, 0.6) is 0 Å². The highest BCUT2D eigenvalue weighted by Crippen LogP contribution is 2.43. The zero-order valence-electron chi connectivity index (χ0n) is 15.5. The number of hydrogen-bond acceptors (Lipinski definition) is 3. The summed E-state index contributed by atoms with van der Waals surface area (Å²) in [5.41, 5.74) is 7.18. The smallest absolute Gasteiger partial charge is 0.303 e. The molecule has 0 atom stereocenters. The van der Waals surface area contributed by atoms with Crippen LogP contribution in [0.4, 0.5) is 0 Å². The number of thioether (sulfide) groups is 1. The number of carboxylic acid groups (broad SMARTS) is 1. The summed E-state index contributed by atoms with van der Waals surface area (Å²) in [4.78, 5) is 14.5. The molecule has 140 valence electrons. The number of fused-ring (bicyclic) bond motifs is 2. The lowest BCUT2D eigenvalue weighted by Gasteiger charge is -2.30. The number of nitrogens with zero attached hydrogens (tertiary/aromatic N) is 1. The van der Waals surface area contributed by atoms with E-state index in [4.69, 9.17) is 5.11 Å². The number of hydrogen-bond donors (Lipinski definition) is 1. The molecular weight excluding hydrogens is 354 g/mol. The lowest BCUT2D eigenvalue weighted by molar-refractivity contribution is -0.137. The molecule has 2 aromatic rings. The van der Waals surface area contributed by atoms with Gasteiger partial charge in [-0.2, -0.15) is 0 Å². The molecule has 0 spiro atoms. The molecule has 0 radical (unpaired) electrons. The molecule has 0 aromatic heterocycles. The highest BCUT2D eigenvalue weighted by molar-refractivity contribution is 7.98. The molecule has 4 rings (SSSR count). The average molecular weight is 380 g/mol. The standard InChI is InChI=1S/C23H25NO2S/c25-22(26)10-5-13-24-14-11-17(12-15-24)23-19-7-2-1-6-18(19)16-27-21-9-4-3-8-20(21)23/h1-4,6-9H,5,10-16H2,(H,25,26). The molecule has 2 aliphatic rings. The van der Waals surface area contributed by atoms with Crippen molar-refractivity contribution in [2.75, 3.05) is 19.6 Å². The molecular formula is C23H25NO2S. The van der Waals surface area contributed by atoms with Crippen LogP contribution in [0.15, 0.2) is 59.0 Å². The number of aliphatic carboxylic acids is 1. The van der Waals surface area contributed by atoms with Gasteiger partial charge in [-0.05, 0) is 54.1 Å². The quantitative estimate of drug-likeness (QED) is 0.807. The summed E-state index contributed by atoms with van der Waals surface area (Å²) in [6.07, 6.45) is 3.14. The Bertz CT molecular complexity index is 815. The van der Waals surface area contributed by atoms with Crippen LogP contribution in [0.3, 0.4) is 0 Å². The van der Waals surface area contributed by atoms with Gasteiger partial charge in [0.15, 0.2) is 0 Å². The highest BCUT2D eigenvalue weighted by atomic mass is 32.2. The first-order chi connectivity index (χ1) is 13.2. The Morgan fingerprint density at radius 1 is 1.00 bits per heavy atom.